The van der Waals surface area contributed by atoms with Crippen LogP contribution in [0, 0.1) is 0 Å². The number of allylic oxidation sites excluding steroid dienone is 1. The van der Waals surface area contributed by atoms with Crippen molar-refractivity contribution in [1.29, 1.82) is 0 Å². The van der Waals surface area contributed by atoms with Gasteiger partial charge in [-0.15, -0.1) is 0 Å². The van der Waals surface area contributed by atoms with E-state index in [0.717, 1.165) is 11.0 Å². The molecule has 2 N–H and O–H groups in total. The number of hydrogen-bond acceptors (Lipinski definition) is 6. The predicted octanol–water partition coefficient (Wildman–Crippen LogP) is 2.04. The molecule has 0 saturated heterocycles. The number of nitrogens with zero attached hydrogens (tertiary/aromatic N) is 5. The van der Waals surface area contributed by atoms with E-state index in [1.807, 2.05) is 19.1 Å². The van der Waals surface area contributed by atoms with Gasteiger partial charge in [0.1, 0.15) is 5.82 Å². The van der Waals surface area contributed by atoms with Crippen LogP contribution in [0.15, 0.2) is 35.1 Å². The Kier molecular flexibility index (Phi) is 5.62. The Morgan fingerprint density at radius 2 is 2.36 bits per heavy atom. The van der Waals surface area contributed by atoms with Crippen molar-refractivity contribution in [3.8, 4) is 0 Å². The maximum atomic E-state index is 9.04. The molecule has 0 atom stereocenters. The summed E-state index contributed by atoms with van der Waals surface area (Å²) in [5.41, 5.74) is 1.61. The van der Waals surface area contributed by atoms with Gasteiger partial charge < -0.3 is 10.4 Å². The molecule has 0 aromatic carbocycles. The van der Waals surface area contributed by atoms with Gasteiger partial charge in [0.25, 0.3) is 0 Å². The second kappa shape index (κ2) is 7.67. The molecule has 0 bridgehead atoms. The molecule has 2 aromatic rings. The van der Waals surface area contributed by atoms with E-state index >= 15 is 0 Å². The molecule has 2 rings (SSSR count). The molecule has 2 heterocycles. The predicted molar refractivity (Wildman–Crippen MR) is 88.4 cm³/mol. The number of aliphatic hydroxyl groups is 1. The standard InChI is InChI=1S/C14H17ClN6O/c1-3-10(4-5-16-2)8-17-12-11-9-18-21(6-7-22)13(11)20-14(15)19-12/h3-5,9,22H,2,6-8H2,1H3,(H,17,19,20)/b5-4-,10-3+. The second-order valence-corrected chi connectivity index (χ2v) is 4.72. The summed E-state index contributed by atoms with van der Waals surface area (Å²) in [6, 6.07) is 0. The minimum atomic E-state index is -0.0246. The highest BCUT2D eigenvalue weighted by Gasteiger charge is 2.11. The van der Waals surface area contributed by atoms with Crippen molar-refractivity contribution in [3.05, 3.63) is 35.4 Å². The molecule has 0 saturated carbocycles. The van der Waals surface area contributed by atoms with E-state index in [1.165, 1.54) is 0 Å². The van der Waals surface area contributed by atoms with Crippen LogP contribution < -0.4 is 5.32 Å². The van der Waals surface area contributed by atoms with Gasteiger partial charge in [0.2, 0.25) is 5.28 Å². The van der Waals surface area contributed by atoms with E-state index in [9.17, 15) is 0 Å². The Balaban J connectivity index is 2.27. The van der Waals surface area contributed by atoms with Crippen molar-refractivity contribution in [2.75, 3.05) is 18.5 Å². The summed E-state index contributed by atoms with van der Waals surface area (Å²) in [4.78, 5) is 12.0. The van der Waals surface area contributed by atoms with E-state index in [2.05, 4.69) is 32.1 Å². The molecule has 116 valence electrons. The number of hydrogen-bond donors (Lipinski definition) is 2. The molecular weight excluding hydrogens is 304 g/mol. The minimum Gasteiger partial charge on any atom is -0.394 e. The Labute approximate surface area is 133 Å². The highest BCUT2D eigenvalue weighted by molar-refractivity contribution is 6.28. The Morgan fingerprint density at radius 3 is 3.05 bits per heavy atom. The van der Waals surface area contributed by atoms with Crippen molar-refractivity contribution >= 4 is 35.2 Å². The zero-order valence-electron chi connectivity index (χ0n) is 12.2. The zero-order chi connectivity index (χ0) is 15.9. The molecular formula is C14H17ClN6O. The summed E-state index contributed by atoms with van der Waals surface area (Å²) in [6.07, 6.45) is 7.10. The molecule has 0 aliphatic rings. The molecule has 0 aliphatic heterocycles. The summed E-state index contributed by atoms with van der Waals surface area (Å²) in [5, 5.41) is 17.3. The summed E-state index contributed by atoms with van der Waals surface area (Å²) in [7, 11) is 0. The lowest BCUT2D eigenvalue weighted by molar-refractivity contribution is 0.271. The largest absolute Gasteiger partial charge is 0.394 e. The van der Waals surface area contributed by atoms with Gasteiger partial charge in [0.15, 0.2) is 5.65 Å². The minimum absolute atomic E-state index is 0.0246. The molecule has 7 nitrogen and oxygen atoms in total. The Morgan fingerprint density at radius 1 is 1.55 bits per heavy atom. The molecule has 0 amide bonds. The van der Waals surface area contributed by atoms with Crippen LogP contribution in [0.25, 0.3) is 11.0 Å². The van der Waals surface area contributed by atoms with Gasteiger partial charge in [-0.3, -0.25) is 4.99 Å². The van der Waals surface area contributed by atoms with Crippen LogP contribution in [0.4, 0.5) is 5.82 Å². The first kappa shape index (κ1) is 16.1. The first-order valence-corrected chi connectivity index (χ1v) is 7.08. The molecule has 2 aromatic heterocycles. The summed E-state index contributed by atoms with van der Waals surface area (Å²) in [6.45, 7) is 6.22. The fraction of sp³-hybridized carbons (Fsp3) is 0.286. The number of rotatable bonds is 7. The summed E-state index contributed by atoms with van der Waals surface area (Å²) in [5.74, 6) is 0.596. The number of fused-ring (bicyclic) bond motifs is 1. The van der Waals surface area contributed by atoms with Gasteiger partial charge in [-0.2, -0.15) is 15.1 Å². The molecule has 0 fully saturated rings. The number of aromatic nitrogens is 4. The quantitative estimate of drug-likeness (QED) is 0.463. The van der Waals surface area contributed by atoms with Gasteiger partial charge in [0.05, 0.1) is 24.7 Å². The van der Waals surface area contributed by atoms with Crippen LogP contribution in [0.1, 0.15) is 6.92 Å². The average Bonchev–Trinajstić information content (AvgIpc) is 2.91. The van der Waals surface area contributed by atoms with Gasteiger partial charge in [0, 0.05) is 12.7 Å². The number of anilines is 1. The van der Waals surface area contributed by atoms with Gasteiger partial charge >= 0.3 is 0 Å². The lowest BCUT2D eigenvalue weighted by Crippen LogP contribution is -2.08. The van der Waals surface area contributed by atoms with E-state index in [1.54, 1.807) is 17.1 Å². The molecule has 22 heavy (non-hydrogen) atoms. The number of nitrogens with one attached hydrogen (secondary N) is 1. The fourth-order valence-corrected chi connectivity index (χ4v) is 2.08. The van der Waals surface area contributed by atoms with E-state index < -0.39 is 0 Å². The van der Waals surface area contributed by atoms with Gasteiger partial charge in [-0.25, -0.2) is 4.68 Å². The highest BCUT2D eigenvalue weighted by atomic mass is 35.5. The first-order chi connectivity index (χ1) is 10.7. The van der Waals surface area contributed by atoms with Crippen LogP contribution in [0.5, 0.6) is 0 Å². The van der Waals surface area contributed by atoms with Crippen LogP contribution in [-0.4, -0.2) is 44.7 Å². The average molecular weight is 321 g/mol. The topological polar surface area (TPSA) is 88.2 Å². The first-order valence-electron chi connectivity index (χ1n) is 6.71. The van der Waals surface area contributed by atoms with Gasteiger partial charge in [-0.05, 0) is 36.9 Å². The smallest absolute Gasteiger partial charge is 0.226 e. The van der Waals surface area contributed by atoms with Crippen LogP contribution in [0.3, 0.4) is 0 Å². The maximum absolute atomic E-state index is 9.04. The molecule has 0 aliphatic carbocycles. The Hall–Kier alpha value is -2.25. The number of aliphatic hydroxyl groups excluding tert-OH is 1. The van der Waals surface area contributed by atoms with Gasteiger partial charge in [-0.1, -0.05) is 6.08 Å². The molecule has 0 radical (unpaired) electrons. The van der Waals surface area contributed by atoms with Crippen molar-refractivity contribution in [2.24, 2.45) is 4.99 Å². The Bertz CT molecular complexity index is 721. The molecule has 0 spiro atoms. The van der Waals surface area contributed by atoms with Crippen molar-refractivity contribution < 1.29 is 5.11 Å². The second-order valence-electron chi connectivity index (χ2n) is 4.39. The number of halogens is 1. The lowest BCUT2D eigenvalue weighted by atomic mass is 10.2. The molecule has 0 unspecified atom stereocenters. The van der Waals surface area contributed by atoms with Crippen LogP contribution in [-0.2, 0) is 6.54 Å². The van der Waals surface area contributed by atoms with Crippen LogP contribution >= 0.6 is 11.6 Å². The zero-order valence-corrected chi connectivity index (χ0v) is 13.0. The third-order valence-corrected chi connectivity index (χ3v) is 3.17. The number of aliphatic imine (C=N–C) groups is 1. The third-order valence-electron chi connectivity index (χ3n) is 3.01. The van der Waals surface area contributed by atoms with E-state index in [4.69, 9.17) is 16.7 Å². The highest BCUT2D eigenvalue weighted by Crippen LogP contribution is 2.22. The normalized spacial score (nSPS) is 12.2. The maximum Gasteiger partial charge on any atom is 0.226 e. The van der Waals surface area contributed by atoms with Crippen molar-refractivity contribution in [2.45, 2.75) is 13.5 Å². The van der Waals surface area contributed by atoms with E-state index in [-0.39, 0.29) is 11.9 Å². The summed E-state index contributed by atoms with van der Waals surface area (Å²) >= 11 is 5.97. The lowest BCUT2D eigenvalue weighted by Gasteiger charge is -2.08. The SMILES string of the molecule is C=N/C=C\C(=C/C)CNc1nc(Cl)nc2c1cnn2CCO. The monoisotopic (exact) mass is 320 g/mol. The van der Waals surface area contributed by atoms with Crippen molar-refractivity contribution in [3.63, 3.8) is 0 Å². The summed E-state index contributed by atoms with van der Waals surface area (Å²) < 4.78 is 1.59. The van der Waals surface area contributed by atoms with Crippen LogP contribution in [0.2, 0.25) is 5.28 Å². The van der Waals surface area contributed by atoms with E-state index in [0.29, 0.717) is 24.6 Å². The fourth-order valence-electron chi connectivity index (χ4n) is 1.91. The molecule has 8 heteroatoms. The van der Waals surface area contributed by atoms with Crippen molar-refractivity contribution in [1.82, 2.24) is 19.7 Å². The third kappa shape index (κ3) is 3.69.